The van der Waals surface area contributed by atoms with E-state index in [9.17, 15) is 5.11 Å². The fourth-order valence-corrected chi connectivity index (χ4v) is 4.07. The van der Waals surface area contributed by atoms with Crippen molar-refractivity contribution < 1.29 is 5.11 Å². The van der Waals surface area contributed by atoms with Gasteiger partial charge in [-0.3, -0.25) is 0 Å². The molecule has 1 nitrogen and oxygen atoms in total. The second kappa shape index (κ2) is 4.69. The van der Waals surface area contributed by atoms with Crippen LogP contribution in [0.5, 0.6) is 5.75 Å². The van der Waals surface area contributed by atoms with Crippen molar-refractivity contribution in [2.45, 2.75) is 44.4 Å². The first-order valence-corrected chi connectivity index (χ1v) is 7.37. The van der Waals surface area contributed by atoms with Crippen molar-refractivity contribution in [3.05, 3.63) is 29.1 Å². The number of hydrogen-bond acceptors (Lipinski definition) is 2. The van der Waals surface area contributed by atoms with Gasteiger partial charge in [-0.05, 0) is 48.4 Å². The van der Waals surface area contributed by atoms with Crippen LogP contribution in [0.3, 0.4) is 0 Å². The number of rotatable bonds is 1. The van der Waals surface area contributed by atoms with E-state index in [0.717, 1.165) is 5.92 Å². The van der Waals surface area contributed by atoms with Crippen molar-refractivity contribution in [2.24, 2.45) is 0 Å². The van der Waals surface area contributed by atoms with Crippen molar-refractivity contribution in [3.8, 4) is 5.75 Å². The van der Waals surface area contributed by atoms with Crippen LogP contribution in [0, 0.1) is 0 Å². The molecule has 1 aromatic heterocycles. The maximum atomic E-state index is 9.50. The molecule has 0 unspecified atom stereocenters. The predicted octanol–water partition coefficient (Wildman–Crippen LogP) is 5.04. The number of benzene rings is 1. The number of fused-ring (bicyclic) bond motifs is 1. The molecule has 1 saturated carbocycles. The van der Waals surface area contributed by atoms with Gasteiger partial charge in [-0.25, -0.2) is 0 Å². The Bertz CT molecular complexity index is 507. The summed E-state index contributed by atoms with van der Waals surface area (Å²) in [7, 11) is 0. The van der Waals surface area contributed by atoms with E-state index in [-0.39, 0.29) is 0 Å². The van der Waals surface area contributed by atoms with Gasteiger partial charge >= 0.3 is 0 Å². The van der Waals surface area contributed by atoms with Crippen molar-refractivity contribution in [3.63, 3.8) is 0 Å². The average molecular weight is 246 g/mol. The monoisotopic (exact) mass is 246 g/mol. The van der Waals surface area contributed by atoms with Crippen LogP contribution in [-0.4, -0.2) is 5.11 Å². The van der Waals surface area contributed by atoms with Crippen LogP contribution in [-0.2, 0) is 0 Å². The van der Waals surface area contributed by atoms with E-state index < -0.39 is 0 Å². The molecule has 1 heterocycles. The summed E-state index contributed by atoms with van der Waals surface area (Å²) < 4.78 is 1.23. The summed E-state index contributed by atoms with van der Waals surface area (Å²) in [5.74, 6) is 1.14. The molecule has 1 fully saturated rings. The van der Waals surface area contributed by atoms with Gasteiger partial charge in [0.25, 0.3) is 0 Å². The van der Waals surface area contributed by atoms with Crippen molar-refractivity contribution in [1.82, 2.24) is 0 Å². The molecule has 0 aliphatic heterocycles. The molecule has 1 aliphatic carbocycles. The molecule has 90 valence electrons. The largest absolute Gasteiger partial charge is 0.508 e. The summed E-state index contributed by atoms with van der Waals surface area (Å²) in [6, 6.07) is 8.03. The van der Waals surface area contributed by atoms with Gasteiger partial charge in [0.2, 0.25) is 0 Å². The lowest BCUT2D eigenvalue weighted by atomic mass is 9.98. The lowest BCUT2D eigenvalue weighted by Crippen LogP contribution is -1.93. The van der Waals surface area contributed by atoms with Crippen LogP contribution in [0.1, 0.15) is 49.3 Å². The van der Waals surface area contributed by atoms with Crippen LogP contribution in [0.25, 0.3) is 10.1 Å². The van der Waals surface area contributed by atoms with Crippen molar-refractivity contribution in [1.29, 1.82) is 0 Å². The fraction of sp³-hybridized carbons (Fsp3) is 0.467. The molecule has 0 radical (unpaired) electrons. The Kier molecular flexibility index (Phi) is 3.06. The van der Waals surface area contributed by atoms with E-state index >= 15 is 0 Å². The number of phenols is 1. The first-order valence-electron chi connectivity index (χ1n) is 6.55. The smallest absolute Gasteiger partial charge is 0.117 e. The number of thiophene rings is 1. The highest BCUT2D eigenvalue weighted by atomic mass is 32.1. The van der Waals surface area contributed by atoms with Crippen LogP contribution in [0.15, 0.2) is 24.3 Å². The minimum atomic E-state index is 0.381. The molecule has 3 rings (SSSR count). The van der Waals surface area contributed by atoms with Crippen LogP contribution in [0.2, 0.25) is 0 Å². The normalized spacial score (nSPS) is 18.4. The molecule has 1 N–H and O–H groups in total. The molecule has 2 heteroatoms. The molecule has 1 aliphatic rings. The van der Waals surface area contributed by atoms with Crippen molar-refractivity contribution in [2.75, 3.05) is 0 Å². The van der Waals surface area contributed by atoms with E-state index in [1.165, 1.54) is 53.5 Å². The molecule has 2 aromatic rings. The van der Waals surface area contributed by atoms with Gasteiger partial charge in [-0.2, -0.15) is 0 Å². The van der Waals surface area contributed by atoms with E-state index in [1.807, 2.05) is 23.5 Å². The lowest BCUT2D eigenvalue weighted by Gasteiger charge is -2.10. The van der Waals surface area contributed by atoms with E-state index in [1.54, 1.807) is 6.07 Å². The van der Waals surface area contributed by atoms with Gasteiger partial charge in [-0.15, -0.1) is 11.3 Å². The molecule has 1 aromatic carbocycles. The van der Waals surface area contributed by atoms with Gasteiger partial charge in [0.15, 0.2) is 0 Å². The highest BCUT2D eigenvalue weighted by molar-refractivity contribution is 7.19. The molecule has 0 atom stereocenters. The third kappa shape index (κ3) is 2.32. The first-order chi connectivity index (χ1) is 8.33. The molecule has 17 heavy (non-hydrogen) atoms. The van der Waals surface area contributed by atoms with Crippen LogP contribution < -0.4 is 0 Å². The van der Waals surface area contributed by atoms with Gasteiger partial charge in [0, 0.05) is 9.58 Å². The minimum Gasteiger partial charge on any atom is -0.508 e. The quantitative estimate of drug-likeness (QED) is 0.698. The summed E-state index contributed by atoms with van der Waals surface area (Å²) in [4.78, 5) is 1.52. The van der Waals surface area contributed by atoms with Crippen LogP contribution >= 0.6 is 11.3 Å². The Hall–Kier alpha value is -1.02. The van der Waals surface area contributed by atoms with Crippen molar-refractivity contribution >= 4 is 21.4 Å². The maximum absolute atomic E-state index is 9.50. The second-order valence-corrected chi connectivity index (χ2v) is 6.17. The molecular weight excluding hydrogens is 228 g/mol. The summed E-state index contributed by atoms with van der Waals surface area (Å²) >= 11 is 1.87. The van der Waals surface area contributed by atoms with E-state index in [4.69, 9.17) is 0 Å². The number of phenolic OH excluding ortho intramolecular Hbond substituents is 1. The predicted molar refractivity (Wildman–Crippen MR) is 73.9 cm³/mol. The zero-order chi connectivity index (χ0) is 11.7. The molecular formula is C15H18OS. The highest BCUT2D eigenvalue weighted by Gasteiger charge is 2.16. The van der Waals surface area contributed by atoms with Gasteiger partial charge < -0.3 is 5.11 Å². The van der Waals surface area contributed by atoms with Crippen LogP contribution in [0.4, 0.5) is 0 Å². The number of aromatic hydroxyl groups is 1. The SMILES string of the molecule is Oc1ccc2cc(C3CCCCCC3)sc2c1. The standard InChI is InChI=1S/C15H18OS/c16-13-8-7-12-9-14(17-15(12)10-13)11-5-3-1-2-4-6-11/h7-11,16H,1-6H2. The molecule has 0 saturated heterocycles. The number of hydrogen-bond donors (Lipinski definition) is 1. The Morgan fingerprint density at radius 3 is 2.53 bits per heavy atom. The first kappa shape index (κ1) is 11.1. The van der Waals surface area contributed by atoms with E-state index in [2.05, 4.69) is 6.07 Å². The second-order valence-electron chi connectivity index (χ2n) is 5.06. The Labute approximate surface area is 106 Å². The summed E-state index contributed by atoms with van der Waals surface area (Å²) in [6.45, 7) is 0. The minimum absolute atomic E-state index is 0.381. The molecule has 0 spiro atoms. The van der Waals surface area contributed by atoms with E-state index in [0.29, 0.717) is 5.75 Å². The summed E-state index contributed by atoms with van der Waals surface area (Å²) in [5.41, 5.74) is 0. The lowest BCUT2D eigenvalue weighted by molar-refractivity contribution is 0.476. The average Bonchev–Trinajstić information content (AvgIpc) is 2.57. The van der Waals surface area contributed by atoms with Gasteiger partial charge in [-0.1, -0.05) is 25.7 Å². The third-order valence-corrected chi connectivity index (χ3v) is 5.04. The topological polar surface area (TPSA) is 20.2 Å². The molecule has 0 amide bonds. The molecule has 0 bridgehead atoms. The summed E-state index contributed by atoms with van der Waals surface area (Å²) in [5, 5.41) is 10.8. The highest BCUT2D eigenvalue weighted by Crippen LogP contribution is 2.38. The van der Waals surface area contributed by atoms with Gasteiger partial charge in [0.1, 0.15) is 5.75 Å². The third-order valence-electron chi connectivity index (χ3n) is 3.78. The van der Waals surface area contributed by atoms with Gasteiger partial charge in [0.05, 0.1) is 0 Å². The Morgan fingerprint density at radius 1 is 1.00 bits per heavy atom. The fourth-order valence-electron chi connectivity index (χ4n) is 2.81. The zero-order valence-corrected chi connectivity index (χ0v) is 10.8. The maximum Gasteiger partial charge on any atom is 0.117 e. The zero-order valence-electron chi connectivity index (χ0n) is 9.98. The Balaban J connectivity index is 1.93. The Morgan fingerprint density at radius 2 is 1.76 bits per heavy atom. The summed E-state index contributed by atoms with van der Waals surface area (Å²) in [6.07, 6.45) is 8.26.